The molecule has 0 aromatic heterocycles. The van der Waals surface area contributed by atoms with E-state index < -0.39 is 114 Å². The van der Waals surface area contributed by atoms with Crippen LogP contribution in [0.3, 0.4) is 0 Å². The van der Waals surface area contributed by atoms with Crippen LogP contribution in [0.15, 0.2) is 23.8 Å². The van der Waals surface area contributed by atoms with Crippen molar-refractivity contribution in [2.24, 2.45) is 28.6 Å². The third-order valence-corrected chi connectivity index (χ3v) is 12.1. The van der Waals surface area contributed by atoms with Gasteiger partial charge >= 0.3 is 11.9 Å². The minimum atomic E-state index is -2.32. The molecule has 262 valence electrons. The van der Waals surface area contributed by atoms with Gasteiger partial charge < -0.3 is 39.7 Å². The van der Waals surface area contributed by atoms with Crippen LogP contribution in [-0.4, -0.2) is 110 Å². The summed E-state index contributed by atoms with van der Waals surface area (Å²) in [5.41, 5.74) is -6.86. The number of ketones is 2. The number of aliphatic hydroxyl groups is 5. The van der Waals surface area contributed by atoms with Crippen molar-refractivity contribution in [2.45, 2.75) is 121 Å². The SMILES string of the molecule is CCC(=O)OCC(=O)[C@@]1(OC(=O)CC)[C@@H](C)C[C@H]2[C@@H]3CCC4=CC(=O)C=C[C@]4(C)C3(F)[C@@H](O)C[C@@]21CC1O[C@H](CO)[C@@H](O)[C@H](O)[C@H]1O. The highest BCUT2D eigenvalue weighted by molar-refractivity contribution is 6.01. The fourth-order valence-electron chi connectivity index (χ4n) is 9.82. The van der Waals surface area contributed by atoms with Crippen LogP contribution in [0.2, 0.25) is 0 Å². The number of hydrogen-bond donors (Lipinski definition) is 5. The highest BCUT2D eigenvalue weighted by Gasteiger charge is 2.79. The van der Waals surface area contributed by atoms with Gasteiger partial charge in [0.15, 0.2) is 23.7 Å². The summed E-state index contributed by atoms with van der Waals surface area (Å²) in [4.78, 5) is 52.2. The zero-order valence-corrected chi connectivity index (χ0v) is 27.3. The zero-order chi connectivity index (χ0) is 34.7. The molecule has 4 fully saturated rings. The number of rotatable bonds is 9. The monoisotopic (exact) mass is 666 g/mol. The fraction of sp³-hybridized carbons (Fsp3) is 0.765. The van der Waals surface area contributed by atoms with Crippen molar-refractivity contribution in [3.8, 4) is 0 Å². The first kappa shape index (κ1) is 35.7. The number of allylic oxidation sites excluding steroid dienone is 4. The molecule has 5 aliphatic rings. The van der Waals surface area contributed by atoms with Crippen LogP contribution in [-0.2, 0) is 33.4 Å². The van der Waals surface area contributed by atoms with Crippen LogP contribution in [0.25, 0.3) is 0 Å². The van der Waals surface area contributed by atoms with Gasteiger partial charge in [0.05, 0.1) is 18.8 Å². The molecular weight excluding hydrogens is 619 g/mol. The Morgan fingerprint density at radius 1 is 1.02 bits per heavy atom. The summed E-state index contributed by atoms with van der Waals surface area (Å²) in [6.07, 6.45) is -5.74. The molecule has 0 amide bonds. The minimum absolute atomic E-state index is 0.0289. The Labute approximate surface area is 272 Å². The van der Waals surface area contributed by atoms with E-state index >= 15 is 4.39 Å². The van der Waals surface area contributed by atoms with Crippen molar-refractivity contribution < 1.29 is 63.3 Å². The Bertz CT molecular complexity index is 1350. The fourth-order valence-corrected chi connectivity index (χ4v) is 9.82. The average molecular weight is 667 g/mol. The van der Waals surface area contributed by atoms with E-state index in [1.165, 1.54) is 25.2 Å². The molecule has 5 N–H and O–H groups in total. The van der Waals surface area contributed by atoms with Gasteiger partial charge in [-0.05, 0) is 57.1 Å². The van der Waals surface area contributed by atoms with Gasteiger partial charge in [0, 0.05) is 35.5 Å². The maximum Gasteiger partial charge on any atom is 0.306 e. The van der Waals surface area contributed by atoms with Crippen molar-refractivity contribution in [3.05, 3.63) is 23.8 Å². The maximum absolute atomic E-state index is 18.1. The quantitative estimate of drug-likeness (QED) is 0.220. The van der Waals surface area contributed by atoms with E-state index in [4.69, 9.17) is 14.2 Å². The normalized spacial score (nSPS) is 45.7. The first-order chi connectivity index (χ1) is 22.1. The van der Waals surface area contributed by atoms with Gasteiger partial charge in [0.1, 0.15) is 24.4 Å². The summed E-state index contributed by atoms with van der Waals surface area (Å²) in [5.74, 6) is -5.00. The van der Waals surface area contributed by atoms with Crippen LogP contribution < -0.4 is 0 Å². The van der Waals surface area contributed by atoms with Crippen molar-refractivity contribution in [2.75, 3.05) is 13.2 Å². The molecule has 2 unspecified atom stereocenters. The van der Waals surface area contributed by atoms with E-state index in [1.807, 2.05) is 0 Å². The molecule has 0 radical (unpaired) electrons. The second-order valence-corrected chi connectivity index (χ2v) is 14.2. The Kier molecular flexibility index (Phi) is 9.68. The lowest BCUT2D eigenvalue weighted by Crippen LogP contribution is -2.72. The number of Topliss-reactive ketones (excluding diaryl/α,β-unsaturated/α-hetero) is 1. The molecule has 13 heteroatoms. The first-order valence-electron chi connectivity index (χ1n) is 16.6. The smallest absolute Gasteiger partial charge is 0.306 e. The number of esters is 2. The zero-order valence-electron chi connectivity index (χ0n) is 27.3. The van der Waals surface area contributed by atoms with Crippen LogP contribution in [0.1, 0.15) is 72.6 Å². The molecule has 0 aromatic carbocycles. The molecule has 13 atom stereocenters. The number of fused-ring (bicyclic) bond motifs is 5. The second-order valence-electron chi connectivity index (χ2n) is 14.2. The van der Waals surface area contributed by atoms with E-state index in [0.29, 0.717) is 12.0 Å². The maximum atomic E-state index is 18.1. The van der Waals surface area contributed by atoms with Crippen molar-refractivity contribution >= 4 is 23.5 Å². The average Bonchev–Trinajstić information content (AvgIpc) is 3.27. The van der Waals surface area contributed by atoms with Crippen LogP contribution in [0.4, 0.5) is 4.39 Å². The molecule has 12 nitrogen and oxygen atoms in total. The number of aliphatic hydroxyl groups excluding tert-OH is 5. The largest absolute Gasteiger partial charge is 0.457 e. The molecule has 4 aliphatic carbocycles. The number of carbonyl (C=O) groups excluding carboxylic acids is 4. The lowest BCUT2D eigenvalue weighted by Gasteiger charge is -2.64. The minimum Gasteiger partial charge on any atom is -0.457 e. The molecule has 0 spiro atoms. The molecule has 3 saturated carbocycles. The number of halogens is 1. The number of ether oxygens (including phenoxy) is 3. The summed E-state index contributed by atoms with van der Waals surface area (Å²) in [6.45, 7) is 4.92. The van der Waals surface area contributed by atoms with Crippen molar-refractivity contribution in [3.63, 3.8) is 0 Å². The summed E-state index contributed by atoms with van der Waals surface area (Å²) in [5, 5.41) is 54.4. The third-order valence-electron chi connectivity index (χ3n) is 12.1. The van der Waals surface area contributed by atoms with Gasteiger partial charge in [-0.15, -0.1) is 0 Å². The van der Waals surface area contributed by atoms with Crippen LogP contribution in [0, 0.1) is 28.6 Å². The van der Waals surface area contributed by atoms with Gasteiger partial charge in [-0.1, -0.05) is 32.4 Å². The van der Waals surface area contributed by atoms with E-state index in [-0.39, 0.29) is 37.9 Å². The van der Waals surface area contributed by atoms with Gasteiger partial charge in [-0.25, -0.2) is 4.39 Å². The lowest BCUT2D eigenvalue weighted by molar-refractivity contribution is -0.266. The van der Waals surface area contributed by atoms with Crippen molar-refractivity contribution in [1.29, 1.82) is 0 Å². The molecule has 0 bridgehead atoms. The van der Waals surface area contributed by atoms with Crippen molar-refractivity contribution in [1.82, 2.24) is 0 Å². The molecule has 1 saturated heterocycles. The third kappa shape index (κ3) is 5.15. The standard InChI is InChI=1S/C34H47FO12/c1-5-26(40)45-16-25(39)34(47-27(41)6-2)17(3)11-21-20-8-7-18-12-19(37)9-10-31(18,4)33(20,35)24(38)14-32(21,34)13-22-28(42)30(44)29(43)23(15-36)46-22/h9-10,12,17,20-24,28-30,36,38,42-44H,5-8,11,13-16H2,1-4H3/t17-,20-,21-,22?,23+,24-,28-,29+,30+,31-,32-,33?,34-/m0/s1. The van der Waals surface area contributed by atoms with Gasteiger partial charge in [0.25, 0.3) is 0 Å². The number of hydrogen-bond acceptors (Lipinski definition) is 12. The predicted molar refractivity (Wildman–Crippen MR) is 161 cm³/mol. The highest BCUT2D eigenvalue weighted by atomic mass is 19.1. The summed E-state index contributed by atoms with van der Waals surface area (Å²) < 4.78 is 35.4. The first-order valence-corrected chi connectivity index (χ1v) is 16.6. The Morgan fingerprint density at radius 3 is 2.32 bits per heavy atom. The Hall–Kier alpha value is -2.55. The van der Waals surface area contributed by atoms with E-state index in [1.54, 1.807) is 20.8 Å². The van der Waals surface area contributed by atoms with Gasteiger partial charge in [-0.3, -0.25) is 19.2 Å². The van der Waals surface area contributed by atoms with E-state index in [0.717, 1.165) is 0 Å². The molecular formula is C34H47FO12. The summed E-state index contributed by atoms with van der Waals surface area (Å²) in [7, 11) is 0. The van der Waals surface area contributed by atoms with Crippen LogP contribution >= 0.6 is 0 Å². The van der Waals surface area contributed by atoms with Gasteiger partial charge in [0.2, 0.25) is 5.78 Å². The second kappa shape index (κ2) is 12.7. The topological polar surface area (TPSA) is 197 Å². The molecule has 1 heterocycles. The summed E-state index contributed by atoms with van der Waals surface area (Å²) in [6, 6.07) is 0. The number of carbonyl (C=O) groups is 4. The Balaban J connectivity index is 1.70. The van der Waals surface area contributed by atoms with E-state index in [9.17, 15) is 44.7 Å². The number of alkyl halides is 1. The Morgan fingerprint density at radius 2 is 1.68 bits per heavy atom. The predicted octanol–water partition coefficient (Wildman–Crippen LogP) is 1.03. The highest BCUT2D eigenvalue weighted by Crippen LogP contribution is 2.73. The van der Waals surface area contributed by atoms with Gasteiger partial charge in [-0.2, -0.15) is 0 Å². The summed E-state index contributed by atoms with van der Waals surface area (Å²) >= 11 is 0. The molecule has 5 rings (SSSR count). The molecule has 1 aliphatic heterocycles. The molecule has 0 aromatic rings. The van der Waals surface area contributed by atoms with E-state index in [2.05, 4.69) is 0 Å². The lowest BCUT2D eigenvalue weighted by atomic mass is 9.43. The van der Waals surface area contributed by atoms with Crippen LogP contribution in [0.5, 0.6) is 0 Å². The molecule has 47 heavy (non-hydrogen) atoms.